The Balaban J connectivity index is 2.01. The monoisotopic (exact) mass is 413 g/mol. The number of nitrogens with one attached hydrogen (secondary N) is 1. The second kappa shape index (κ2) is 6.91. The molecule has 1 aromatic carbocycles. The van der Waals surface area contributed by atoms with Crippen LogP contribution in [0.4, 0.5) is 14.7 Å². The average Bonchev–Trinajstić information content (AvgIpc) is 2.95. The molecule has 0 fully saturated rings. The number of nitrogens with zero attached hydrogens (tertiary/aromatic N) is 3. The van der Waals surface area contributed by atoms with E-state index in [-0.39, 0.29) is 29.2 Å². The third-order valence-corrected chi connectivity index (χ3v) is 4.23. The van der Waals surface area contributed by atoms with E-state index in [1.165, 1.54) is 29.1 Å². The second-order valence-electron chi connectivity index (χ2n) is 5.73. The zero-order chi connectivity index (χ0) is 20.7. The number of hydrogen-bond acceptors (Lipinski definition) is 6. The van der Waals surface area contributed by atoms with E-state index in [0.29, 0.717) is 5.56 Å². The number of phosphoric ester groups is 1. The predicted molar refractivity (Wildman–Crippen MR) is 95.2 cm³/mol. The fourth-order valence-electron chi connectivity index (χ4n) is 2.58. The molecule has 0 radical (unpaired) electrons. The number of imidazole rings is 1. The van der Waals surface area contributed by atoms with Crippen molar-refractivity contribution < 1.29 is 27.7 Å². The standard InChI is InChI=1S/C15H14F2N5O5P/c1-8(15(16,17)27-28(24,25)26)10-5-3-2-4-9(10)6-22-7-19-11-12(22)20-14(18)21-13(11)23/h2-5,7H,1,6H2,(H2,24,25,26)(H3,18,20,21,23). The number of rotatable bonds is 6. The van der Waals surface area contributed by atoms with Crippen LogP contribution in [0.2, 0.25) is 0 Å². The Kier molecular flexibility index (Phi) is 4.90. The minimum atomic E-state index is -5.47. The highest BCUT2D eigenvalue weighted by atomic mass is 31.2. The van der Waals surface area contributed by atoms with Crippen molar-refractivity contribution in [2.75, 3.05) is 5.73 Å². The van der Waals surface area contributed by atoms with Gasteiger partial charge in [0.05, 0.1) is 18.4 Å². The Morgan fingerprint density at radius 2 is 2.07 bits per heavy atom. The van der Waals surface area contributed by atoms with Gasteiger partial charge in [0.25, 0.3) is 5.56 Å². The maximum Gasteiger partial charge on any atom is 0.474 e. The number of hydrogen-bond donors (Lipinski definition) is 4. The molecule has 0 aliphatic rings. The molecule has 28 heavy (non-hydrogen) atoms. The van der Waals surface area contributed by atoms with E-state index in [0.717, 1.165) is 0 Å². The SMILES string of the molecule is C=C(c1ccccc1Cn1cnc2c(=O)[nH]c(N)nc21)C(F)(F)OP(=O)(O)O. The smallest absolute Gasteiger partial charge is 0.369 e. The van der Waals surface area contributed by atoms with Crippen LogP contribution in [0.15, 0.2) is 42.0 Å². The number of nitrogen functional groups attached to an aromatic ring is 1. The van der Waals surface area contributed by atoms with Crippen molar-refractivity contribution in [2.24, 2.45) is 0 Å². The van der Waals surface area contributed by atoms with Gasteiger partial charge in [-0.25, -0.2) is 14.1 Å². The van der Waals surface area contributed by atoms with Crippen molar-refractivity contribution in [3.63, 3.8) is 0 Å². The zero-order valence-corrected chi connectivity index (χ0v) is 14.9. The van der Waals surface area contributed by atoms with Gasteiger partial charge in [-0.15, -0.1) is 0 Å². The van der Waals surface area contributed by atoms with Gasteiger partial charge in [-0.05, 0) is 11.1 Å². The third-order valence-electron chi connectivity index (χ3n) is 3.76. The van der Waals surface area contributed by atoms with Gasteiger partial charge < -0.3 is 20.1 Å². The van der Waals surface area contributed by atoms with Gasteiger partial charge >= 0.3 is 13.9 Å². The van der Waals surface area contributed by atoms with Crippen LogP contribution in [-0.2, 0) is 15.6 Å². The molecule has 0 atom stereocenters. The summed E-state index contributed by atoms with van der Waals surface area (Å²) in [5, 5.41) is 0. The summed E-state index contributed by atoms with van der Waals surface area (Å²) < 4.78 is 44.0. The number of aromatic nitrogens is 4. The van der Waals surface area contributed by atoms with E-state index in [2.05, 4.69) is 26.1 Å². The summed E-state index contributed by atoms with van der Waals surface area (Å²) in [6.07, 6.45) is -3.03. The number of alkyl halides is 2. The van der Waals surface area contributed by atoms with Crippen molar-refractivity contribution in [3.05, 3.63) is 58.7 Å². The molecule has 0 bridgehead atoms. The largest absolute Gasteiger partial charge is 0.474 e. The minimum absolute atomic E-state index is 0.0145. The van der Waals surface area contributed by atoms with Crippen LogP contribution in [0.25, 0.3) is 16.7 Å². The molecule has 10 nitrogen and oxygen atoms in total. The van der Waals surface area contributed by atoms with Crippen LogP contribution in [0, 0.1) is 0 Å². The highest BCUT2D eigenvalue weighted by Crippen LogP contribution is 2.47. The number of aromatic amines is 1. The summed E-state index contributed by atoms with van der Waals surface area (Å²) in [5.41, 5.74) is 4.38. The van der Waals surface area contributed by atoms with Gasteiger partial charge in [0.1, 0.15) is 0 Å². The van der Waals surface area contributed by atoms with Gasteiger partial charge in [0, 0.05) is 0 Å². The summed E-state index contributed by atoms with van der Waals surface area (Å²) in [6.45, 7) is 3.18. The Labute approximate surface area is 155 Å². The molecular formula is C15H14F2N5O5P. The molecule has 0 aliphatic heterocycles. The lowest BCUT2D eigenvalue weighted by Gasteiger charge is -2.21. The van der Waals surface area contributed by atoms with Crippen molar-refractivity contribution >= 4 is 30.5 Å². The number of phosphoric acid groups is 1. The third kappa shape index (κ3) is 3.99. The Morgan fingerprint density at radius 1 is 1.39 bits per heavy atom. The lowest BCUT2D eigenvalue weighted by molar-refractivity contribution is -0.134. The highest BCUT2D eigenvalue weighted by Gasteiger charge is 2.42. The van der Waals surface area contributed by atoms with Crippen LogP contribution in [0.1, 0.15) is 11.1 Å². The maximum absolute atomic E-state index is 14.1. The number of H-pyrrole nitrogens is 1. The number of fused-ring (bicyclic) bond motifs is 1. The molecule has 0 spiro atoms. The topological polar surface area (TPSA) is 156 Å². The van der Waals surface area contributed by atoms with E-state index in [9.17, 15) is 18.1 Å². The Bertz CT molecular complexity index is 1170. The van der Waals surface area contributed by atoms with Gasteiger partial charge in [0.15, 0.2) is 11.2 Å². The average molecular weight is 413 g/mol. The first-order valence-corrected chi connectivity index (χ1v) is 9.13. The quantitative estimate of drug-likeness (QED) is 0.443. The summed E-state index contributed by atoms with van der Waals surface area (Å²) in [7, 11) is -5.47. The van der Waals surface area contributed by atoms with Crippen LogP contribution in [0.5, 0.6) is 0 Å². The summed E-state index contributed by atoms with van der Waals surface area (Å²) in [5.74, 6) is -0.140. The van der Waals surface area contributed by atoms with Crippen molar-refractivity contribution in [2.45, 2.75) is 12.7 Å². The molecule has 13 heteroatoms. The lowest BCUT2D eigenvalue weighted by Crippen LogP contribution is -2.22. The molecule has 148 valence electrons. The molecule has 0 saturated heterocycles. The lowest BCUT2D eigenvalue weighted by atomic mass is 10.00. The second-order valence-corrected chi connectivity index (χ2v) is 6.89. The Hall–Kier alpha value is -2.92. The number of nitrogens with two attached hydrogens (primary N) is 1. The minimum Gasteiger partial charge on any atom is -0.369 e. The van der Waals surface area contributed by atoms with Crippen LogP contribution in [-0.4, -0.2) is 35.4 Å². The van der Waals surface area contributed by atoms with Gasteiger partial charge in [-0.1, -0.05) is 30.8 Å². The van der Waals surface area contributed by atoms with Gasteiger partial charge in [0.2, 0.25) is 5.95 Å². The zero-order valence-electron chi connectivity index (χ0n) is 14.0. The number of anilines is 1. The molecule has 5 N–H and O–H groups in total. The van der Waals surface area contributed by atoms with E-state index in [4.69, 9.17) is 15.5 Å². The van der Waals surface area contributed by atoms with E-state index < -0.39 is 25.1 Å². The normalized spacial score (nSPS) is 12.4. The first-order chi connectivity index (χ1) is 13.0. The van der Waals surface area contributed by atoms with E-state index in [1.807, 2.05) is 0 Å². The first-order valence-electron chi connectivity index (χ1n) is 7.60. The number of halogens is 2. The molecule has 0 unspecified atom stereocenters. The molecular weight excluding hydrogens is 399 g/mol. The molecule has 0 saturated carbocycles. The molecule has 0 amide bonds. The summed E-state index contributed by atoms with van der Waals surface area (Å²) in [4.78, 5) is 39.5. The van der Waals surface area contributed by atoms with Crippen LogP contribution < -0.4 is 11.3 Å². The first kappa shape index (κ1) is 19.8. The molecule has 2 heterocycles. The summed E-state index contributed by atoms with van der Waals surface area (Å²) >= 11 is 0. The van der Waals surface area contributed by atoms with Crippen molar-refractivity contribution in [1.82, 2.24) is 19.5 Å². The predicted octanol–water partition coefficient (Wildman–Crippen LogP) is 1.47. The van der Waals surface area contributed by atoms with Crippen LogP contribution in [0.3, 0.4) is 0 Å². The summed E-state index contributed by atoms with van der Waals surface area (Å²) in [6, 6.07) is 5.81. The van der Waals surface area contributed by atoms with Gasteiger partial charge in [-0.2, -0.15) is 13.8 Å². The fourth-order valence-corrected chi connectivity index (χ4v) is 2.99. The van der Waals surface area contributed by atoms with E-state index in [1.54, 1.807) is 6.07 Å². The van der Waals surface area contributed by atoms with Gasteiger partial charge in [-0.3, -0.25) is 9.78 Å². The number of benzene rings is 1. The molecule has 3 aromatic rings. The molecule has 2 aromatic heterocycles. The van der Waals surface area contributed by atoms with Crippen LogP contribution >= 0.6 is 7.82 Å². The highest BCUT2D eigenvalue weighted by molar-refractivity contribution is 7.46. The fraction of sp³-hybridized carbons (Fsp3) is 0.133. The molecule has 3 rings (SSSR count). The van der Waals surface area contributed by atoms with Crippen molar-refractivity contribution in [1.29, 1.82) is 0 Å². The Morgan fingerprint density at radius 3 is 2.75 bits per heavy atom. The maximum atomic E-state index is 14.1. The van der Waals surface area contributed by atoms with E-state index >= 15 is 0 Å². The molecule has 0 aliphatic carbocycles. The van der Waals surface area contributed by atoms with Crippen molar-refractivity contribution in [3.8, 4) is 0 Å².